The number of phenols is 1. The predicted molar refractivity (Wildman–Crippen MR) is 95.3 cm³/mol. The molecule has 3 aromatic heterocycles. The number of imidazole rings is 1. The fraction of sp³-hybridized carbons (Fsp3) is 0. The summed E-state index contributed by atoms with van der Waals surface area (Å²) in [5.41, 5.74) is 1.20. The number of fused-ring (bicyclic) bond motifs is 1. The van der Waals surface area contributed by atoms with Gasteiger partial charge in [-0.3, -0.25) is 4.40 Å². The van der Waals surface area contributed by atoms with Crippen LogP contribution >= 0.6 is 15.9 Å². The van der Waals surface area contributed by atoms with Gasteiger partial charge in [-0.25, -0.2) is 15.0 Å². The van der Waals surface area contributed by atoms with Crippen molar-refractivity contribution in [2.45, 2.75) is 0 Å². The maximum Gasteiger partial charge on any atom is 0.235 e. The topological polar surface area (TPSA) is 75.3 Å². The number of benzene rings is 1. The lowest BCUT2D eigenvalue weighted by Gasteiger charge is -2.09. The first-order chi connectivity index (χ1) is 11.7. The van der Waals surface area contributed by atoms with Crippen LogP contribution in [0.2, 0.25) is 0 Å². The number of aromatic nitrogens is 4. The molecule has 24 heavy (non-hydrogen) atoms. The van der Waals surface area contributed by atoms with Crippen LogP contribution in [-0.4, -0.2) is 24.5 Å². The van der Waals surface area contributed by atoms with Crippen molar-refractivity contribution in [1.29, 1.82) is 0 Å². The first kappa shape index (κ1) is 14.6. The summed E-state index contributed by atoms with van der Waals surface area (Å²) in [6.45, 7) is 0. The summed E-state index contributed by atoms with van der Waals surface area (Å²) in [7, 11) is 0. The van der Waals surface area contributed by atoms with Crippen LogP contribution in [-0.2, 0) is 0 Å². The van der Waals surface area contributed by atoms with Crippen molar-refractivity contribution in [3.63, 3.8) is 0 Å². The van der Waals surface area contributed by atoms with E-state index in [0.717, 1.165) is 4.47 Å². The average molecular weight is 382 g/mol. The molecule has 0 amide bonds. The molecule has 0 aliphatic rings. The van der Waals surface area contributed by atoms with E-state index in [4.69, 9.17) is 0 Å². The standard InChI is InChI=1S/C17H12BrN5O/c18-11-5-6-13(24)12(10-11)15-16(21-14-4-1-2-7-19-14)23-9-3-8-20-17(23)22-15/h1-10,24H,(H,19,21). The lowest BCUT2D eigenvalue weighted by atomic mass is 10.1. The smallest absolute Gasteiger partial charge is 0.235 e. The highest BCUT2D eigenvalue weighted by Crippen LogP contribution is 2.36. The van der Waals surface area contributed by atoms with Crippen molar-refractivity contribution in [3.05, 3.63) is 65.5 Å². The van der Waals surface area contributed by atoms with Crippen LogP contribution in [0.1, 0.15) is 0 Å². The summed E-state index contributed by atoms with van der Waals surface area (Å²) < 4.78 is 2.67. The van der Waals surface area contributed by atoms with Crippen molar-refractivity contribution >= 4 is 33.3 Å². The Kier molecular flexibility index (Phi) is 3.62. The predicted octanol–water partition coefficient (Wildman–Crippen LogP) is 4.00. The average Bonchev–Trinajstić information content (AvgIpc) is 2.96. The fourth-order valence-corrected chi connectivity index (χ4v) is 2.81. The lowest BCUT2D eigenvalue weighted by molar-refractivity contribution is 0.477. The zero-order valence-electron chi connectivity index (χ0n) is 12.4. The fourth-order valence-electron chi connectivity index (χ4n) is 2.45. The van der Waals surface area contributed by atoms with E-state index >= 15 is 0 Å². The Hall–Kier alpha value is -2.93. The quantitative estimate of drug-likeness (QED) is 0.560. The highest BCUT2D eigenvalue weighted by atomic mass is 79.9. The van der Waals surface area contributed by atoms with Gasteiger partial charge in [0.2, 0.25) is 5.78 Å². The third-order valence-corrected chi connectivity index (χ3v) is 4.02. The zero-order valence-corrected chi connectivity index (χ0v) is 14.0. The SMILES string of the molecule is Oc1ccc(Br)cc1-c1nc2ncccn2c1Nc1ccccn1. The molecule has 3 heterocycles. The molecule has 4 aromatic rings. The number of hydrogen-bond donors (Lipinski definition) is 2. The van der Waals surface area contributed by atoms with Gasteiger partial charge in [0.25, 0.3) is 0 Å². The summed E-state index contributed by atoms with van der Waals surface area (Å²) in [5, 5.41) is 13.5. The molecule has 1 aromatic carbocycles. The summed E-state index contributed by atoms with van der Waals surface area (Å²) >= 11 is 3.43. The number of nitrogens with one attached hydrogen (secondary N) is 1. The molecule has 2 N–H and O–H groups in total. The number of phenolic OH excluding ortho intramolecular Hbond substituents is 1. The Morgan fingerprint density at radius 1 is 1.04 bits per heavy atom. The number of nitrogens with zero attached hydrogens (tertiary/aromatic N) is 4. The summed E-state index contributed by atoms with van der Waals surface area (Å²) in [5.74, 6) is 2.04. The van der Waals surface area contributed by atoms with E-state index in [1.165, 1.54) is 0 Å². The molecule has 0 atom stereocenters. The molecule has 118 valence electrons. The van der Waals surface area contributed by atoms with Crippen LogP contribution in [0.15, 0.2) is 65.5 Å². The van der Waals surface area contributed by atoms with E-state index in [2.05, 4.69) is 36.2 Å². The Labute approximate surface area is 146 Å². The van der Waals surface area contributed by atoms with E-state index in [-0.39, 0.29) is 5.75 Å². The highest BCUT2D eigenvalue weighted by Gasteiger charge is 2.18. The summed E-state index contributed by atoms with van der Waals surface area (Å²) in [6.07, 6.45) is 5.25. The van der Waals surface area contributed by atoms with E-state index in [1.54, 1.807) is 24.5 Å². The first-order valence-electron chi connectivity index (χ1n) is 7.22. The van der Waals surface area contributed by atoms with Gasteiger partial charge >= 0.3 is 0 Å². The molecule has 0 aliphatic heterocycles. The monoisotopic (exact) mass is 381 g/mol. The van der Waals surface area contributed by atoms with Crippen LogP contribution in [0.5, 0.6) is 5.75 Å². The number of anilines is 2. The Morgan fingerprint density at radius 3 is 2.75 bits per heavy atom. The summed E-state index contributed by atoms with van der Waals surface area (Å²) in [4.78, 5) is 13.1. The van der Waals surface area contributed by atoms with Crippen LogP contribution in [0, 0.1) is 0 Å². The van der Waals surface area contributed by atoms with Gasteiger partial charge in [-0.15, -0.1) is 0 Å². The molecule has 0 spiro atoms. The van der Waals surface area contributed by atoms with E-state index in [9.17, 15) is 5.11 Å². The second-order valence-electron chi connectivity index (χ2n) is 5.10. The molecule has 0 fully saturated rings. The maximum absolute atomic E-state index is 10.3. The molecular formula is C17H12BrN5O. The second kappa shape index (κ2) is 5.93. The van der Waals surface area contributed by atoms with Crippen molar-refractivity contribution in [3.8, 4) is 17.0 Å². The minimum Gasteiger partial charge on any atom is -0.507 e. The minimum atomic E-state index is 0.144. The van der Waals surface area contributed by atoms with Crippen LogP contribution in [0.25, 0.3) is 17.0 Å². The zero-order chi connectivity index (χ0) is 16.5. The van der Waals surface area contributed by atoms with Gasteiger partial charge in [-0.05, 0) is 36.4 Å². The van der Waals surface area contributed by atoms with Gasteiger partial charge < -0.3 is 10.4 Å². The molecule has 6 nitrogen and oxygen atoms in total. The van der Waals surface area contributed by atoms with Gasteiger partial charge in [0.1, 0.15) is 23.1 Å². The number of pyridine rings is 1. The van der Waals surface area contributed by atoms with Crippen molar-refractivity contribution in [2.24, 2.45) is 0 Å². The van der Waals surface area contributed by atoms with Crippen LogP contribution in [0.3, 0.4) is 0 Å². The van der Waals surface area contributed by atoms with Gasteiger partial charge in [0, 0.05) is 28.6 Å². The van der Waals surface area contributed by atoms with Crippen molar-refractivity contribution in [1.82, 2.24) is 19.4 Å². The number of hydrogen-bond acceptors (Lipinski definition) is 5. The van der Waals surface area contributed by atoms with Gasteiger partial charge in [-0.2, -0.15) is 0 Å². The highest BCUT2D eigenvalue weighted by molar-refractivity contribution is 9.10. The van der Waals surface area contributed by atoms with E-state index < -0.39 is 0 Å². The third-order valence-electron chi connectivity index (χ3n) is 3.53. The maximum atomic E-state index is 10.3. The Balaban J connectivity index is 1.95. The van der Waals surface area contributed by atoms with Crippen molar-refractivity contribution < 1.29 is 5.11 Å². The number of halogens is 1. The molecule has 0 saturated heterocycles. The van der Waals surface area contributed by atoms with Crippen LogP contribution in [0.4, 0.5) is 11.6 Å². The minimum absolute atomic E-state index is 0.144. The molecule has 7 heteroatoms. The molecule has 0 radical (unpaired) electrons. The second-order valence-corrected chi connectivity index (χ2v) is 6.02. The molecule has 4 rings (SSSR count). The molecule has 0 aliphatic carbocycles. The van der Waals surface area contributed by atoms with Gasteiger partial charge in [-0.1, -0.05) is 22.0 Å². The van der Waals surface area contributed by atoms with E-state index in [0.29, 0.717) is 28.7 Å². The van der Waals surface area contributed by atoms with Gasteiger partial charge in [0.05, 0.1) is 0 Å². The summed E-state index contributed by atoms with van der Waals surface area (Å²) in [6, 6.07) is 12.7. The molecule has 0 saturated carbocycles. The van der Waals surface area contributed by atoms with Crippen LogP contribution < -0.4 is 5.32 Å². The first-order valence-corrected chi connectivity index (χ1v) is 8.02. The normalized spacial score (nSPS) is 10.9. The van der Waals surface area contributed by atoms with E-state index in [1.807, 2.05) is 40.9 Å². The molecule has 0 bridgehead atoms. The third kappa shape index (κ3) is 2.59. The largest absolute Gasteiger partial charge is 0.507 e. The lowest BCUT2D eigenvalue weighted by Crippen LogP contribution is -1.98. The molecule has 0 unspecified atom stereocenters. The Morgan fingerprint density at radius 2 is 1.92 bits per heavy atom. The Bertz CT molecular complexity index is 1020. The van der Waals surface area contributed by atoms with Crippen molar-refractivity contribution in [2.75, 3.05) is 5.32 Å². The van der Waals surface area contributed by atoms with Gasteiger partial charge in [0.15, 0.2) is 0 Å². The number of aromatic hydroxyl groups is 1. The number of rotatable bonds is 3. The molecular weight excluding hydrogens is 370 g/mol.